The van der Waals surface area contributed by atoms with E-state index in [1.165, 1.54) is 0 Å². The first-order valence-electron chi connectivity index (χ1n) is 9.53. The van der Waals surface area contributed by atoms with E-state index >= 15 is 0 Å². The van der Waals surface area contributed by atoms with Gasteiger partial charge in [0.25, 0.3) is 0 Å². The minimum Gasteiger partial charge on any atom is -0.348 e. The first kappa shape index (κ1) is 22.6. The average molecular weight is 414 g/mol. The molecule has 4 atom stereocenters. The lowest BCUT2D eigenvalue weighted by atomic mass is 10.0. The van der Waals surface area contributed by atoms with Crippen LogP contribution in [-0.4, -0.2) is 23.8 Å². The summed E-state index contributed by atoms with van der Waals surface area (Å²) >= 11 is 3.76. The van der Waals surface area contributed by atoms with Gasteiger partial charge in [0.2, 0.25) is 0 Å². The highest BCUT2D eigenvalue weighted by molar-refractivity contribution is 9.09. The molecule has 1 aromatic carbocycles. The Labute approximate surface area is 162 Å². The fourth-order valence-electron chi connectivity index (χ4n) is 2.72. The summed E-state index contributed by atoms with van der Waals surface area (Å²) in [4.78, 5) is 0.402. The van der Waals surface area contributed by atoms with Crippen LogP contribution in [0.5, 0.6) is 0 Å². The quantitative estimate of drug-likeness (QED) is 0.584. The van der Waals surface area contributed by atoms with Crippen molar-refractivity contribution in [2.45, 2.75) is 77.2 Å². The minimum atomic E-state index is -0.143. The molecule has 0 spiro atoms. The molecule has 0 aliphatic carbocycles. The molecular formula is C21H36BrNO2. The van der Waals surface area contributed by atoms with Crippen LogP contribution in [0.15, 0.2) is 30.3 Å². The number of alkyl halides is 1. The monoisotopic (exact) mass is 413 g/mol. The van der Waals surface area contributed by atoms with E-state index < -0.39 is 0 Å². The molecule has 0 aromatic heterocycles. The van der Waals surface area contributed by atoms with E-state index in [0.717, 1.165) is 30.7 Å². The Hall–Kier alpha value is -0.420. The highest BCUT2D eigenvalue weighted by Crippen LogP contribution is 2.32. The largest absolute Gasteiger partial charge is 0.348 e. The molecule has 3 nitrogen and oxygen atoms in total. The van der Waals surface area contributed by atoms with Crippen LogP contribution < -0.4 is 5.73 Å². The molecule has 0 saturated carbocycles. The standard InChI is InChI=1S/C17H26BrNO2.C4H10/c1-12(2)10-14(18)15-8-9-17(20-15)21-16(11-19)13-6-4-3-5-7-13;1-4(2)3/h3-7,12,14-17H,8-11,19H2,1-2H3;4H,1-3H3. The first-order chi connectivity index (χ1) is 11.8. The van der Waals surface area contributed by atoms with E-state index in [-0.39, 0.29) is 18.5 Å². The molecule has 25 heavy (non-hydrogen) atoms. The van der Waals surface area contributed by atoms with Crippen molar-refractivity contribution in [3.05, 3.63) is 35.9 Å². The molecule has 1 aromatic rings. The van der Waals surface area contributed by atoms with Crippen molar-refractivity contribution in [3.63, 3.8) is 0 Å². The molecule has 0 bridgehead atoms. The maximum atomic E-state index is 6.06. The fraction of sp³-hybridized carbons (Fsp3) is 0.714. The number of halogens is 1. The van der Waals surface area contributed by atoms with Gasteiger partial charge in [0.15, 0.2) is 6.29 Å². The lowest BCUT2D eigenvalue weighted by Gasteiger charge is -2.23. The molecule has 1 heterocycles. The third-order valence-electron chi connectivity index (χ3n) is 3.81. The van der Waals surface area contributed by atoms with Gasteiger partial charge in [0, 0.05) is 17.8 Å². The second kappa shape index (κ2) is 12.1. The van der Waals surface area contributed by atoms with Crippen molar-refractivity contribution < 1.29 is 9.47 Å². The summed E-state index contributed by atoms with van der Waals surface area (Å²) in [6, 6.07) is 10.1. The van der Waals surface area contributed by atoms with Crippen LogP contribution in [0.1, 0.15) is 65.5 Å². The third-order valence-corrected chi connectivity index (χ3v) is 4.78. The number of hydrogen-bond donors (Lipinski definition) is 1. The summed E-state index contributed by atoms with van der Waals surface area (Å²) < 4.78 is 12.1. The average Bonchev–Trinajstić information content (AvgIpc) is 3.01. The molecule has 0 radical (unpaired) electrons. The number of nitrogens with two attached hydrogens (primary N) is 1. The van der Waals surface area contributed by atoms with Crippen molar-refractivity contribution in [1.82, 2.24) is 0 Å². The molecule has 2 rings (SSSR count). The Morgan fingerprint density at radius 3 is 2.24 bits per heavy atom. The SMILES string of the molecule is CC(C)C.CC(C)CC(Br)C1CCC(OC(CN)c2ccccc2)O1. The summed E-state index contributed by atoms with van der Waals surface area (Å²) in [6.07, 6.45) is 3.11. The van der Waals surface area contributed by atoms with Crippen LogP contribution in [0.2, 0.25) is 0 Å². The Morgan fingerprint density at radius 2 is 1.72 bits per heavy atom. The number of hydrogen-bond acceptors (Lipinski definition) is 3. The van der Waals surface area contributed by atoms with Gasteiger partial charge in [-0.3, -0.25) is 0 Å². The Kier molecular flexibility index (Phi) is 10.9. The molecule has 0 amide bonds. The molecule has 1 saturated heterocycles. The van der Waals surface area contributed by atoms with Gasteiger partial charge < -0.3 is 15.2 Å². The molecule has 144 valence electrons. The van der Waals surface area contributed by atoms with Crippen molar-refractivity contribution in [2.75, 3.05) is 6.54 Å². The maximum Gasteiger partial charge on any atom is 0.159 e. The Balaban J connectivity index is 0.000000705. The summed E-state index contributed by atoms with van der Waals surface area (Å²) in [5.74, 6) is 1.50. The van der Waals surface area contributed by atoms with E-state index in [4.69, 9.17) is 15.2 Å². The van der Waals surface area contributed by atoms with E-state index in [2.05, 4.69) is 62.7 Å². The number of rotatable bonds is 7. The zero-order valence-corrected chi connectivity index (χ0v) is 18.0. The molecule has 2 N–H and O–H groups in total. The summed E-state index contributed by atoms with van der Waals surface area (Å²) in [5, 5.41) is 0. The van der Waals surface area contributed by atoms with E-state index in [1.54, 1.807) is 0 Å². The van der Waals surface area contributed by atoms with Crippen LogP contribution in [0, 0.1) is 11.8 Å². The van der Waals surface area contributed by atoms with Crippen molar-refractivity contribution in [1.29, 1.82) is 0 Å². The van der Waals surface area contributed by atoms with E-state index in [1.807, 2.05) is 18.2 Å². The molecule has 1 aliphatic heterocycles. The van der Waals surface area contributed by atoms with Gasteiger partial charge in [-0.25, -0.2) is 0 Å². The zero-order chi connectivity index (χ0) is 18.8. The van der Waals surface area contributed by atoms with E-state index in [9.17, 15) is 0 Å². The molecule has 1 aliphatic rings. The Bertz CT molecular complexity index is 450. The van der Waals surface area contributed by atoms with Gasteiger partial charge in [0.1, 0.15) is 0 Å². The van der Waals surface area contributed by atoms with E-state index in [0.29, 0.717) is 17.3 Å². The summed E-state index contributed by atoms with van der Waals surface area (Å²) in [6.45, 7) is 11.4. The highest BCUT2D eigenvalue weighted by atomic mass is 79.9. The first-order valence-corrected chi connectivity index (χ1v) is 10.4. The normalized spacial score (nSPS) is 22.6. The van der Waals surface area contributed by atoms with Gasteiger partial charge in [-0.05, 0) is 30.2 Å². The predicted octanol–water partition coefficient (Wildman–Crippen LogP) is 5.68. The van der Waals surface area contributed by atoms with Crippen LogP contribution in [-0.2, 0) is 9.47 Å². The number of ether oxygens (including phenoxy) is 2. The molecule has 1 fully saturated rings. The highest BCUT2D eigenvalue weighted by Gasteiger charge is 2.32. The van der Waals surface area contributed by atoms with Crippen LogP contribution in [0.25, 0.3) is 0 Å². The summed E-state index contributed by atoms with van der Waals surface area (Å²) in [5.41, 5.74) is 6.97. The summed E-state index contributed by atoms with van der Waals surface area (Å²) in [7, 11) is 0. The smallest absolute Gasteiger partial charge is 0.159 e. The minimum absolute atomic E-state index is 0.0891. The zero-order valence-electron chi connectivity index (χ0n) is 16.5. The van der Waals surface area contributed by atoms with Crippen molar-refractivity contribution in [2.24, 2.45) is 17.6 Å². The van der Waals surface area contributed by atoms with Crippen molar-refractivity contribution >= 4 is 15.9 Å². The van der Waals surface area contributed by atoms with Gasteiger partial charge in [0.05, 0.1) is 12.2 Å². The fourth-order valence-corrected chi connectivity index (χ4v) is 3.86. The van der Waals surface area contributed by atoms with Gasteiger partial charge in [-0.15, -0.1) is 0 Å². The lowest BCUT2D eigenvalue weighted by molar-refractivity contribution is -0.161. The number of benzene rings is 1. The van der Waals surface area contributed by atoms with Crippen LogP contribution in [0.3, 0.4) is 0 Å². The molecular weight excluding hydrogens is 378 g/mol. The third kappa shape index (κ3) is 9.18. The molecule has 4 unspecified atom stereocenters. The van der Waals surface area contributed by atoms with Crippen LogP contribution in [0.4, 0.5) is 0 Å². The second-order valence-corrected chi connectivity index (χ2v) is 9.01. The van der Waals surface area contributed by atoms with Gasteiger partial charge >= 0.3 is 0 Å². The van der Waals surface area contributed by atoms with Crippen molar-refractivity contribution in [3.8, 4) is 0 Å². The maximum absolute atomic E-state index is 6.06. The topological polar surface area (TPSA) is 44.5 Å². The van der Waals surface area contributed by atoms with Crippen LogP contribution >= 0.6 is 15.9 Å². The van der Waals surface area contributed by atoms with Gasteiger partial charge in [-0.2, -0.15) is 0 Å². The Morgan fingerprint density at radius 1 is 1.12 bits per heavy atom. The predicted molar refractivity (Wildman–Crippen MR) is 110 cm³/mol. The second-order valence-electron chi connectivity index (χ2n) is 7.83. The molecule has 4 heteroatoms. The lowest BCUT2D eigenvalue weighted by Crippen LogP contribution is -2.26. The van der Waals surface area contributed by atoms with Gasteiger partial charge in [-0.1, -0.05) is 80.9 Å².